The lowest BCUT2D eigenvalue weighted by Gasteiger charge is -2.32. The van der Waals surface area contributed by atoms with E-state index in [4.69, 9.17) is 4.42 Å². The molecule has 0 spiro atoms. The lowest BCUT2D eigenvalue weighted by molar-refractivity contribution is -0.138. The Balaban J connectivity index is 1.97. The van der Waals surface area contributed by atoms with Gasteiger partial charge in [0.2, 0.25) is 5.91 Å². The smallest absolute Gasteiger partial charge is 0.420 e. The molecule has 2 amide bonds. The molecule has 0 bridgehead atoms. The number of nitrogens with one attached hydrogen (secondary N) is 1. The van der Waals surface area contributed by atoms with Crippen LogP contribution < -0.4 is 5.32 Å². The van der Waals surface area contributed by atoms with Crippen molar-refractivity contribution in [2.24, 2.45) is 0 Å². The number of aryl methyl sites for hydroxylation is 1. The van der Waals surface area contributed by atoms with Crippen molar-refractivity contribution < 1.29 is 27.2 Å². The van der Waals surface area contributed by atoms with Crippen molar-refractivity contribution >= 4 is 11.8 Å². The fourth-order valence-electron chi connectivity index (χ4n) is 2.93. The number of benzene rings is 1. The van der Waals surface area contributed by atoms with Crippen molar-refractivity contribution in [3.8, 4) is 0 Å². The summed E-state index contributed by atoms with van der Waals surface area (Å²) >= 11 is 0. The third kappa shape index (κ3) is 2.99. The molecule has 1 aliphatic heterocycles. The first-order chi connectivity index (χ1) is 11.7. The van der Waals surface area contributed by atoms with Gasteiger partial charge in [-0.2, -0.15) is 13.2 Å². The second kappa shape index (κ2) is 5.94. The highest BCUT2D eigenvalue weighted by Crippen LogP contribution is 2.35. The van der Waals surface area contributed by atoms with Crippen LogP contribution in [0.4, 0.5) is 13.2 Å². The van der Waals surface area contributed by atoms with E-state index in [9.17, 15) is 22.8 Å². The second-order valence-corrected chi connectivity index (χ2v) is 5.88. The first-order valence-electron chi connectivity index (χ1n) is 7.49. The van der Waals surface area contributed by atoms with Gasteiger partial charge in [-0.3, -0.25) is 9.59 Å². The molecule has 8 heteroatoms. The van der Waals surface area contributed by atoms with Crippen LogP contribution in [0.2, 0.25) is 0 Å². The van der Waals surface area contributed by atoms with Crippen LogP contribution in [-0.4, -0.2) is 23.8 Å². The average Bonchev–Trinajstić information content (AvgIpc) is 2.93. The molecule has 1 N–H and O–H groups in total. The number of nitrogens with zero attached hydrogens (tertiary/aromatic N) is 1. The van der Waals surface area contributed by atoms with Crippen LogP contribution in [0.5, 0.6) is 0 Å². The largest absolute Gasteiger partial charge is 0.468 e. The van der Waals surface area contributed by atoms with Crippen molar-refractivity contribution in [1.29, 1.82) is 0 Å². The number of hydrogen-bond donors (Lipinski definition) is 1. The standard InChI is InChI=1S/C17H15F3N2O3/c1-9-13(12(8-25-9)17(18,19)20)15(23)21-14-11-6-4-3-5-10(11)7-22(2)16(14)24/h3-6,8,14H,7H2,1-2H3,(H,21,23). The summed E-state index contributed by atoms with van der Waals surface area (Å²) in [7, 11) is 1.57. The minimum Gasteiger partial charge on any atom is -0.468 e. The number of halogens is 3. The van der Waals surface area contributed by atoms with E-state index in [2.05, 4.69) is 5.32 Å². The zero-order chi connectivity index (χ0) is 18.4. The van der Waals surface area contributed by atoms with Gasteiger partial charge in [-0.15, -0.1) is 0 Å². The van der Waals surface area contributed by atoms with Crippen LogP contribution in [0, 0.1) is 6.92 Å². The average molecular weight is 352 g/mol. The molecule has 3 rings (SSSR count). The summed E-state index contributed by atoms with van der Waals surface area (Å²) in [6.07, 6.45) is -4.22. The maximum Gasteiger partial charge on any atom is 0.420 e. The number of alkyl halides is 3. The topological polar surface area (TPSA) is 62.6 Å². The summed E-state index contributed by atoms with van der Waals surface area (Å²) in [4.78, 5) is 26.3. The van der Waals surface area contributed by atoms with Crippen LogP contribution in [0.25, 0.3) is 0 Å². The minimum absolute atomic E-state index is 0.158. The molecule has 1 atom stereocenters. The van der Waals surface area contributed by atoms with E-state index in [0.717, 1.165) is 5.56 Å². The molecule has 0 fully saturated rings. The van der Waals surface area contributed by atoms with E-state index in [1.807, 2.05) is 6.07 Å². The monoisotopic (exact) mass is 352 g/mol. The summed E-state index contributed by atoms with van der Waals surface area (Å²) in [6, 6.07) is 5.95. The molecule has 2 heterocycles. The summed E-state index contributed by atoms with van der Waals surface area (Å²) in [5.41, 5.74) is -0.359. The molecule has 0 saturated carbocycles. The fraction of sp³-hybridized carbons (Fsp3) is 0.294. The van der Waals surface area contributed by atoms with Gasteiger partial charge < -0.3 is 14.6 Å². The SMILES string of the molecule is Cc1occ(C(F)(F)F)c1C(=O)NC1C(=O)N(C)Cc2ccccc21. The fourth-order valence-corrected chi connectivity index (χ4v) is 2.93. The van der Waals surface area contributed by atoms with E-state index in [1.54, 1.807) is 25.2 Å². The zero-order valence-corrected chi connectivity index (χ0v) is 13.5. The number of furan rings is 1. The third-order valence-corrected chi connectivity index (χ3v) is 4.18. The highest BCUT2D eigenvalue weighted by atomic mass is 19.4. The van der Waals surface area contributed by atoms with Crippen LogP contribution >= 0.6 is 0 Å². The molecule has 1 aliphatic rings. The van der Waals surface area contributed by atoms with Gasteiger partial charge in [0.1, 0.15) is 23.6 Å². The van der Waals surface area contributed by atoms with Crippen molar-refractivity contribution in [2.45, 2.75) is 25.7 Å². The Bertz CT molecular complexity index is 842. The number of fused-ring (bicyclic) bond motifs is 1. The van der Waals surface area contributed by atoms with Gasteiger partial charge in [0.05, 0.1) is 5.56 Å². The van der Waals surface area contributed by atoms with Gasteiger partial charge in [-0.1, -0.05) is 24.3 Å². The predicted molar refractivity (Wildman–Crippen MR) is 81.6 cm³/mol. The van der Waals surface area contributed by atoms with E-state index in [0.29, 0.717) is 18.4 Å². The molecular weight excluding hydrogens is 337 g/mol. The highest BCUT2D eigenvalue weighted by molar-refractivity contribution is 6.00. The molecule has 0 aliphatic carbocycles. The van der Waals surface area contributed by atoms with Crippen LogP contribution in [0.15, 0.2) is 34.9 Å². The van der Waals surface area contributed by atoms with Crippen molar-refractivity contribution in [3.05, 3.63) is 58.5 Å². The number of hydrogen-bond acceptors (Lipinski definition) is 3. The molecule has 1 aromatic carbocycles. The van der Waals surface area contributed by atoms with Crippen molar-refractivity contribution in [2.75, 3.05) is 7.05 Å². The van der Waals surface area contributed by atoms with E-state index in [1.165, 1.54) is 11.8 Å². The normalized spacial score (nSPS) is 17.4. The van der Waals surface area contributed by atoms with Gasteiger partial charge >= 0.3 is 6.18 Å². The van der Waals surface area contributed by atoms with Gasteiger partial charge in [0.25, 0.3) is 5.91 Å². The molecule has 1 unspecified atom stereocenters. The Morgan fingerprint density at radius 2 is 2.00 bits per heavy atom. The second-order valence-electron chi connectivity index (χ2n) is 5.88. The van der Waals surface area contributed by atoms with Crippen molar-refractivity contribution in [3.63, 3.8) is 0 Å². The van der Waals surface area contributed by atoms with Gasteiger partial charge in [0.15, 0.2) is 0 Å². The summed E-state index contributed by atoms with van der Waals surface area (Å²) in [5, 5.41) is 2.42. The van der Waals surface area contributed by atoms with E-state index >= 15 is 0 Å². The van der Waals surface area contributed by atoms with E-state index in [-0.39, 0.29) is 11.7 Å². The highest BCUT2D eigenvalue weighted by Gasteiger charge is 2.40. The Kier molecular flexibility index (Phi) is 4.06. The quantitative estimate of drug-likeness (QED) is 0.904. The zero-order valence-electron chi connectivity index (χ0n) is 13.5. The molecule has 5 nitrogen and oxygen atoms in total. The third-order valence-electron chi connectivity index (χ3n) is 4.18. The van der Waals surface area contributed by atoms with Gasteiger partial charge in [-0.25, -0.2) is 0 Å². The van der Waals surface area contributed by atoms with Crippen LogP contribution in [0.1, 0.15) is 38.9 Å². The van der Waals surface area contributed by atoms with Gasteiger partial charge in [-0.05, 0) is 18.1 Å². The minimum atomic E-state index is -4.73. The lowest BCUT2D eigenvalue weighted by atomic mass is 9.94. The molecule has 1 aromatic heterocycles. The first-order valence-corrected chi connectivity index (χ1v) is 7.49. The Hall–Kier alpha value is -2.77. The number of likely N-dealkylation sites (N-methyl/N-ethyl adjacent to an activating group) is 1. The summed E-state index contributed by atoms with van der Waals surface area (Å²) in [5.74, 6) is -1.54. The molecular formula is C17H15F3N2O3. The molecule has 2 aromatic rings. The number of rotatable bonds is 2. The number of carbonyl (C=O) groups excluding carboxylic acids is 2. The summed E-state index contributed by atoms with van der Waals surface area (Å²) < 4.78 is 44.0. The Labute approximate surface area is 141 Å². The lowest BCUT2D eigenvalue weighted by Crippen LogP contribution is -2.45. The molecule has 0 saturated heterocycles. The first kappa shape index (κ1) is 17.1. The predicted octanol–water partition coefficient (Wildman–Crippen LogP) is 3.05. The molecule has 0 radical (unpaired) electrons. The summed E-state index contributed by atoms with van der Waals surface area (Å²) in [6.45, 7) is 1.65. The van der Waals surface area contributed by atoms with E-state index < -0.39 is 29.3 Å². The molecule has 25 heavy (non-hydrogen) atoms. The maximum absolute atomic E-state index is 13.1. The Morgan fingerprint density at radius 3 is 2.68 bits per heavy atom. The van der Waals surface area contributed by atoms with Crippen LogP contribution in [-0.2, 0) is 17.5 Å². The Morgan fingerprint density at radius 1 is 1.32 bits per heavy atom. The van der Waals surface area contributed by atoms with Crippen molar-refractivity contribution in [1.82, 2.24) is 10.2 Å². The number of carbonyl (C=O) groups is 2. The number of amides is 2. The maximum atomic E-state index is 13.1. The molecule has 132 valence electrons. The van der Waals surface area contributed by atoms with Gasteiger partial charge in [0, 0.05) is 13.6 Å². The van der Waals surface area contributed by atoms with Crippen LogP contribution in [0.3, 0.4) is 0 Å².